The largest absolute Gasteiger partial charge is 0.494 e. The van der Waals surface area contributed by atoms with Crippen LogP contribution in [0.1, 0.15) is 29.2 Å². The van der Waals surface area contributed by atoms with Crippen molar-refractivity contribution >= 4 is 28.4 Å². The number of nitrogens with zero attached hydrogens (tertiary/aromatic N) is 5. The Morgan fingerprint density at radius 2 is 2.06 bits per heavy atom. The molecule has 3 heterocycles. The summed E-state index contributed by atoms with van der Waals surface area (Å²) < 4.78 is 47.4. The van der Waals surface area contributed by atoms with E-state index in [0.29, 0.717) is 17.3 Å². The number of nitrogens with one attached hydrogen (secondary N) is 1. The third-order valence-corrected chi connectivity index (χ3v) is 6.12. The second-order valence-electron chi connectivity index (χ2n) is 8.30. The highest BCUT2D eigenvalue weighted by Crippen LogP contribution is 2.38. The van der Waals surface area contributed by atoms with Crippen molar-refractivity contribution in [2.75, 3.05) is 18.2 Å². The smallest absolute Gasteiger partial charge is 0.434 e. The Morgan fingerprint density at radius 3 is 2.77 bits per heavy atom. The van der Waals surface area contributed by atoms with Crippen LogP contribution in [0.15, 0.2) is 30.7 Å². The highest BCUT2D eigenvalue weighted by atomic mass is 19.4. The van der Waals surface area contributed by atoms with Gasteiger partial charge >= 0.3 is 6.18 Å². The van der Waals surface area contributed by atoms with Gasteiger partial charge in [-0.25, -0.2) is 15.0 Å². The number of nitrogen functional groups attached to an aromatic ring is 1. The molecule has 1 aliphatic carbocycles. The van der Waals surface area contributed by atoms with Crippen molar-refractivity contribution in [3.63, 3.8) is 0 Å². The molecular weight excluding hydrogens is 463 g/mol. The zero-order valence-corrected chi connectivity index (χ0v) is 19.0. The molecule has 0 fully saturated rings. The third-order valence-electron chi connectivity index (χ3n) is 6.12. The molecule has 0 saturated carbocycles. The summed E-state index contributed by atoms with van der Waals surface area (Å²) in [5.41, 5.74) is 10.1. The van der Waals surface area contributed by atoms with Crippen molar-refractivity contribution in [2.24, 2.45) is 0 Å². The van der Waals surface area contributed by atoms with Crippen LogP contribution in [0, 0.1) is 6.92 Å². The summed E-state index contributed by atoms with van der Waals surface area (Å²) in [6, 6.07) is 5.26. The first-order valence-corrected chi connectivity index (χ1v) is 10.9. The molecule has 0 saturated heterocycles. The number of alkyl halides is 3. The molecule has 3 N–H and O–H groups in total. The maximum absolute atomic E-state index is 12.9. The molecule has 5 rings (SSSR count). The molecular formula is C23H22F3N7O2. The number of rotatable bonds is 5. The number of anilines is 2. The van der Waals surface area contributed by atoms with Crippen molar-refractivity contribution in [2.45, 2.75) is 38.9 Å². The Morgan fingerprint density at radius 1 is 1.26 bits per heavy atom. The molecule has 12 heteroatoms. The Hall–Kier alpha value is -4.09. The van der Waals surface area contributed by atoms with E-state index in [0.717, 1.165) is 58.0 Å². The number of hydrogen-bond donors (Lipinski definition) is 2. The van der Waals surface area contributed by atoms with Crippen LogP contribution in [0.3, 0.4) is 0 Å². The van der Waals surface area contributed by atoms with Gasteiger partial charge in [0.25, 0.3) is 0 Å². The number of amides is 1. The number of hydrogen-bond acceptors (Lipinski definition) is 6. The molecule has 0 atom stereocenters. The predicted octanol–water partition coefficient (Wildman–Crippen LogP) is 3.66. The van der Waals surface area contributed by atoms with Crippen molar-refractivity contribution in [3.8, 4) is 11.4 Å². The van der Waals surface area contributed by atoms with E-state index in [1.165, 1.54) is 20.4 Å². The van der Waals surface area contributed by atoms with E-state index >= 15 is 0 Å². The Bertz CT molecular complexity index is 1460. The van der Waals surface area contributed by atoms with Gasteiger partial charge in [0.2, 0.25) is 5.91 Å². The van der Waals surface area contributed by atoms with Crippen LogP contribution in [-0.4, -0.2) is 37.1 Å². The predicted molar refractivity (Wildman–Crippen MR) is 122 cm³/mol. The van der Waals surface area contributed by atoms with E-state index in [-0.39, 0.29) is 12.4 Å². The van der Waals surface area contributed by atoms with Crippen molar-refractivity contribution < 1.29 is 22.7 Å². The first-order valence-electron chi connectivity index (χ1n) is 10.9. The van der Waals surface area contributed by atoms with E-state index in [2.05, 4.69) is 20.3 Å². The molecule has 0 bridgehead atoms. The van der Waals surface area contributed by atoms with E-state index in [4.69, 9.17) is 10.5 Å². The van der Waals surface area contributed by atoms with E-state index in [1.54, 1.807) is 12.1 Å². The summed E-state index contributed by atoms with van der Waals surface area (Å²) in [4.78, 5) is 24.7. The number of carbonyl (C=O) groups excluding carboxylic acids is 1. The van der Waals surface area contributed by atoms with Crippen molar-refractivity contribution in [1.29, 1.82) is 0 Å². The number of benzene rings is 1. The maximum atomic E-state index is 12.9. The highest BCUT2D eigenvalue weighted by molar-refractivity contribution is 5.93. The minimum absolute atomic E-state index is 0.0861. The minimum Gasteiger partial charge on any atom is -0.494 e. The van der Waals surface area contributed by atoms with Crippen LogP contribution in [0.4, 0.5) is 24.7 Å². The van der Waals surface area contributed by atoms with Crippen LogP contribution in [0.5, 0.6) is 5.75 Å². The fraction of sp³-hybridized carbons (Fsp3) is 0.304. The van der Waals surface area contributed by atoms with Gasteiger partial charge in [-0.05, 0) is 43.9 Å². The maximum Gasteiger partial charge on any atom is 0.434 e. The summed E-state index contributed by atoms with van der Waals surface area (Å²) >= 11 is 0. The zero-order chi connectivity index (χ0) is 24.9. The van der Waals surface area contributed by atoms with Gasteiger partial charge in [0.1, 0.15) is 30.0 Å². The van der Waals surface area contributed by atoms with Crippen LogP contribution in [-0.2, 0) is 30.4 Å². The molecule has 0 unspecified atom stereocenters. The van der Waals surface area contributed by atoms with Crippen molar-refractivity contribution in [1.82, 2.24) is 24.1 Å². The number of fused-ring (bicyclic) bond motifs is 3. The summed E-state index contributed by atoms with van der Waals surface area (Å²) in [5.74, 6) is 0.325. The van der Waals surface area contributed by atoms with Crippen molar-refractivity contribution in [3.05, 3.63) is 53.5 Å². The molecule has 4 aromatic rings. The van der Waals surface area contributed by atoms with Gasteiger partial charge in [-0.1, -0.05) is 0 Å². The van der Waals surface area contributed by atoms with Gasteiger partial charge in [-0.2, -0.15) is 13.2 Å². The average molecular weight is 485 g/mol. The van der Waals surface area contributed by atoms with Gasteiger partial charge in [0, 0.05) is 23.6 Å². The minimum atomic E-state index is -4.58. The van der Waals surface area contributed by atoms with E-state index in [1.807, 2.05) is 10.6 Å². The third kappa shape index (κ3) is 3.94. The first-order chi connectivity index (χ1) is 16.7. The second kappa shape index (κ2) is 8.29. The number of ether oxygens (including phenoxy) is 1. The van der Waals surface area contributed by atoms with Gasteiger partial charge in [0.05, 0.1) is 18.3 Å². The standard InChI is InChI=1S/C23H22F3N7O2/c1-12-30-18(23(24,25)26)9-32(12)10-19(34)31-15-7-6-13(8-17(15)35-2)33-16-5-3-4-14(16)20-21(33)22(27)29-11-28-20/h6-9,11H,3-5,10H2,1-2H3,(H,31,34)(H2,27,28,29). The van der Waals surface area contributed by atoms with Gasteiger partial charge in [0.15, 0.2) is 11.5 Å². The number of aryl methyl sites for hydroxylation is 2. The summed E-state index contributed by atoms with van der Waals surface area (Å²) in [6.07, 6.45) is 0.488. The van der Waals surface area contributed by atoms with Gasteiger partial charge < -0.3 is 24.9 Å². The number of methoxy groups -OCH3 is 1. The van der Waals surface area contributed by atoms with Crippen LogP contribution >= 0.6 is 0 Å². The Balaban J connectivity index is 1.45. The van der Waals surface area contributed by atoms with E-state index in [9.17, 15) is 18.0 Å². The molecule has 9 nitrogen and oxygen atoms in total. The Labute approximate surface area is 197 Å². The molecule has 1 aromatic carbocycles. The number of halogens is 3. The number of aromatic nitrogens is 5. The lowest BCUT2D eigenvalue weighted by atomic mass is 10.2. The molecule has 1 amide bonds. The molecule has 0 aliphatic heterocycles. The van der Waals surface area contributed by atoms with E-state index < -0.39 is 17.8 Å². The van der Waals surface area contributed by atoms with Gasteiger partial charge in [-0.15, -0.1) is 0 Å². The normalized spacial score (nSPS) is 13.3. The van der Waals surface area contributed by atoms with Crippen LogP contribution < -0.4 is 15.8 Å². The monoisotopic (exact) mass is 485 g/mol. The molecule has 0 spiro atoms. The number of carbonyl (C=O) groups is 1. The number of nitrogens with two attached hydrogens (primary N) is 1. The molecule has 1 aliphatic rings. The molecule has 182 valence electrons. The fourth-order valence-corrected chi connectivity index (χ4v) is 4.55. The molecule has 3 aromatic heterocycles. The quantitative estimate of drug-likeness (QED) is 0.446. The summed E-state index contributed by atoms with van der Waals surface area (Å²) in [7, 11) is 1.47. The lowest BCUT2D eigenvalue weighted by Gasteiger charge is -2.15. The van der Waals surface area contributed by atoms with Gasteiger partial charge in [-0.3, -0.25) is 4.79 Å². The second-order valence-corrected chi connectivity index (χ2v) is 8.30. The lowest BCUT2D eigenvalue weighted by Crippen LogP contribution is -2.19. The Kier molecular flexibility index (Phi) is 5.37. The fourth-order valence-electron chi connectivity index (χ4n) is 4.55. The highest BCUT2D eigenvalue weighted by Gasteiger charge is 2.34. The average Bonchev–Trinajstić information content (AvgIpc) is 3.49. The SMILES string of the molecule is COc1cc(-n2c3c(c4ncnc(N)c42)CCC3)ccc1NC(=O)Cn1cc(C(F)(F)F)nc1C. The summed E-state index contributed by atoms with van der Waals surface area (Å²) in [5, 5.41) is 2.71. The molecule has 0 radical (unpaired) electrons. The van der Waals surface area contributed by atoms with Crippen LogP contribution in [0.2, 0.25) is 0 Å². The molecule has 35 heavy (non-hydrogen) atoms. The number of imidazole rings is 1. The topological polar surface area (TPSA) is 113 Å². The summed E-state index contributed by atoms with van der Waals surface area (Å²) in [6.45, 7) is 1.08. The lowest BCUT2D eigenvalue weighted by molar-refractivity contribution is -0.141. The first kappa shape index (κ1) is 22.7. The van der Waals surface area contributed by atoms with Crippen LogP contribution in [0.25, 0.3) is 16.7 Å². The zero-order valence-electron chi connectivity index (χ0n) is 19.0.